The summed E-state index contributed by atoms with van der Waals surface area (Å²) in [5.41, 5.74) is 5.14. The van der Waals surface area contributed by atoms with Gasteiger partial charge in [-0.05, 0) is 43.2 Å². The largest absolute Gasteiger partial charge is 0.352 e. The second-order valence-electron chi connectivity index (χ2n) is 5.55. The number of aromatic nitrogens is 2. The molecule has 2 aromatic carbocycles. The monoisotopic (exact) mass is 293 g/mol. The number of rotatable bonds is 4. The lowest BCUT2D eigenvalue weighted by atomic mass is 10.1. The maximum atomic E-state index is 12.0. The number of nitrogens with one attached hydrogen (secondary N) is 1. The standard InChI is InChI=1S/C18H19N3O/c1-13-3-6-15(7-4-13)18(22)19-10-9-14-5-8-17-16(11-14)20-12-21(17)2/h3-8,11-12H,9-10H2,1-2H3,(H,19,22). The Kier molecular flexibility index (Phi) is 3.92. The number of imidazole rings is 1. The van der Waals surface area contributed by atoms with E-state index in [0.717, 1.165) is 23.0 Å². The molecule has 0 radical (unpaired) electrons. The molecule has 1 amide bonds. The van der Waals surface area contributed by atoms with Gasteiger partial charge < -0.3 is 9.88 Å². The third kappa shape index (κ3) is 3.01. The minimum atomic E-state index is -0.0288. The maximum Gasteiger partial charge on any atom is 0.251 e. The Balaban J connectivity index is 1.59. The van der Waals surface area contributed by atoms with Crippen molar-refractivity contribution >= 4 is 16.9 Å². The quantitative estimate of drug-likeness (QED) is 0.804. The van der Waals surface area contributed by atoms with Crippen LogP contribution in [0.15, 0.2) is 48.8 Å². The van der Waals surface area contributed by atoms with E-state index in [9.17, 15) is 4.79 Å². The van der Waals surface area contributed by atoms with Crippen molar-refractivity contribution in [1.82, 2.24) is 14.9 Å². The van der Waals surface area contributed by atoms with Crippen LogP contribution in [0.4, 0.5) is 0 Å². The van der Waals surface area contributed by atoms with Gasteiger partial charge in [0.1, 0.15) is 0 Å². The van der Waals surface area contributed by atoms with Gasteiger partial charge in [-0.2, -0.15) is 0 Å². The van der Waals surface area contributed by atoms with E-state index in [-0.39, 0.29) is 5.91 Å². The van der Waals surface area contributed by atoms with Crippen molar-refractivity contribution in [2.45, 2.75) is 13.3 Å². The number of nitrogens with zero attached hydrogens (tertiary/aromatic N) is 2. The average Bonchev–Trinajstić information content (AvgIpc) is 2.89. The summed E-state index contributed by atoms with van der Waals surface area (Å²) in [4.78, 5) is 16.4. The van der Waals surface area contributed by atoms with Crippen molar-refractivity contribution in [2.24, 2.45) is 7.05 Å². The molecule has 0 saturated carbocycles. The summed E-state index contributed by atoms with van der Waals surface area (Å²) in [5.74, 6) is -0.0288. The van der Waals surface area contributed by atoms with Crippen LogP contribution in [-0.2, 0) is 13.5 Å². The fraction of sp³-hybridized carbons (Fsp3) is 0.222. The Hall–Kier alpha value is -2.62. The van der Waals surface area contributed by atoms with E-state index < -0.39 is 0 Å². The third-order valence-electron chi connectivity index (χ3n) is 3.80. The second-order valence-corrected chi connectivity index (χ2v) is 5.55. The van der Waals surface area contributed by atoms with E-state index in [4.69, 9.17) is 0 Å². The van der Waals surface area contributed by atoms with Gasteiger partial charge in [0.25, 0.3) is 5.91 Å². The molecule has 0 atom stereocenters. The van der Waals surface area contributed by atoms with Crippen molar-refractivity contribution < 1.29 is 4.79 Å². The molecule has 22 heavy (non-hydrogen) atoms. The van der Waals surface area contributed by atoms with Gasteiger partial charge in [-0.25, -0.2) is 4.98 Å². The SMILES string of the molecule is Cc1ccc(C(=O)NCCc2ccc3c(c2)ncn3C)cc1. The fourth-order valence-corrected chi connectivity index (χ4v) is 2.46. The van der Waals surface area contributed by atoms with Crippen LogP contribution < -0.4 is 5.32 Å². The molecule has 1 aromatic heterocycles. The Morgan fingerprint density at radius 3 is 2.73 bits per heavy atom. The molecule has 3 rings (SSSR count). The average molecular weight is 293 g/mol. The number of fused-ring (bicyclic) bond motifs is 1. The predicted octanol–water partition coefficient (Wildman–Crippen LogP) is 2.85. The molecule has 0 saturated heterocycles. The Morgan fingerprint density at radius 2 is 1.95 bits per heavy atom. The summed E-state index contributed by atoms with van der Waals surface area (Å²) in [6.45, 7) is 2.63. The zero-order chi connectivity index (χ0) is 15.5. The highest BCUT2D eigenvalue weighted by Crippen LogP contribution is 2.14. The normalized spacial score (nSPS) is 10.8. The van der Waals surface area contributed by atoms with Crippen molar-refractivity contribution in [3.8, 4) is 0 Å². The van der Waals surface area contributed by atoms with Crippen molar-refractivity contribution in [3.05, 3.63) is 65.5 Å². The number of carbonyl (C=O) groups is 1. The zero-order valence-electron chi connectivity index (χ0n) is 12.8. The van der Waals surface area contributed by atoms with E-state index in [2.05, 4.69) is 28.5 Å². The molecule has 0 aliphatic heterocycles. The minimum absolute atomic E-state index is 0.0288. The number of hydrogen-bond acceptors (Lipinski definition) is 2. The highest BCUT2D eigenvalue weighted by molar-refractivity contribution is 5.94. The lowest BCUT2D eigenvalue weighted by molar-refractivity contribution is 0.0954. The first kappa shape index (κ1) is 14.3. The van der Waals surface area contributed by atoms with Crippen LogP contribution in [0.3, 0.4) is 0 Å². The van der Waals surface area contributed by atoms with Crippen LogP contribution in [0.25, 0.3) is 11.0 Å². The van der Waals surface area contributed by atoms with Gasteiger partial charge in [0.05, 0.1) is 17.4 Å². The molecule has 0 bridgehead atoms. The molecule has 0 spiro atoms. The van der Waals surface area contributed by atoms with Crippen molar-refractivity contribution in [3.63, 3.8) is 0 Å². The molecule has 112 valence electrons. The molecule has 0 aliphatic carbocycles. The smallest absolute Gasteiger partial charge is 0.251 e. The first-order chi connectivity index (χ1) is 10.6. The van der Waals surface area contributed by atoms with Gasteiger partial charge in [0.15, 0.2) is 0 Å². The van der Waals surface area contributed by atoms with Gasteiger partial charge in [0.2, 0.25) is 0 Å². The predicted molar refractivity (Wildman–Crippen MR) is 87.9 cm³/mol. The van der Waals surface area contributed by atoms with Crippen LogP contribution in [0.2, 0.25) is 0 Å². The van der Waals surface area contributed by atoms with Crippen molar-refractivity contribution in [1.29, 1.82) is 0 Å². The molecule has 4 heteroatoms. The van der Waals surface area contributed by atoms with Gasteiger partial charge >= 0.3 is 0 Å². The van der Waals surface area contributed by atoms with Gasteiger partial charge in [-0.15, -0.1) is 0 Å². The van der Waals surface area contributed by atoms with E-state index in [1.165, 1.54) is 5.56 Å². The van der Waals surface area contributed by atoms with E-state index in [0.29, 0.717) is 12.1 Å². The van der Waals surface area contributed by atoms with E-state index >= 15 is 0 Å². The summed E-state index contributed by atoms with van der Waals surface area (Å²) >= 11 is 0. The summed E-state index contributed by atoms with van der Waals surface area (Å²) in [7, 11) is 1.98. The molecule has 0 unspecified atom stereocenters. The molecule has 0 fully saturated rings. The lowest BCUT2D eigenvalue weighted by Gasteiger charge is -2.06. The second kappa shape index (κ2) is 6.02. The minimum Gasteiger partial charge on any atom is -0.352 e. The Bertz CT molecular complexity index is 803. The number of aryl methyl sites for hydroxylation is 2. The number of benzene rings is 2. The molecular weight excluding hydrogens is 274 g/mol. The number of amides is 1. The summed E-state index contributed by atoms with van der Waals surface area (Å²) in [6.07, 6.45) is 2.61. The third-order valence-corrected chi connectivity index (χ3v) is 3.80. The highest BCUT2D eigenvalue weighted by atomic mass is 16.1. The Morgan fingerprint density at radius 1 is 1.18 bits per heavy atom. The van der Waals surface area contributed by atoms with Crippen LogP contribution in [0, 0.1) is 6.92 Å². The maximum absolute atomic E-state index is 12.0. The first-order valence-electron chi connectivity index (χ1n) is 7.38. The zero-order valence-corrected chi connectivity index (χ0v) is 12.8. The van der Waals surface area contributed by atoms with Gasteiger partial charge in [-0.1, -0.05) is 23.8 Å². The molecule has 3 aromatic rings. The van der Waals surface area contributed by atoms with Crippen LogP contribution >= 0.6 is 0 Å². The summed E-state index contributed by atoms with van der Waals surface area (Å²) in [5, 5.41) is 2.96. The van der Waals surface area contributed by atoms with E-state index in [1.807, 2.05) is 49.1 Å². The number of hydrogen-bond donors (Lipinski definition) is 1. The highest BCUT2D eigenvalue weighted by Gasteiger charge is 2.05. The van der Waals surface area contributed by atoms with E-state index in [1.54, 1.807) is 0 Å². The topological polar surface area (TPSA) is 46.9 Å². The first-order valence-corrected chi connectivity index (χ1v) is 7.38. The van der Waals surface area contributed by atoms with Crippen LogP contribution in [-0.4, -0.2) is 22.0 Å². The molecule has 1 heterocycles. The number of carbonyl (C=O) groups excluding carboxylic acids is 1. The fourth-order valence-electron chi connectivity index (χ4n) is 2.46. The van der Waals surface area contributed by atoms with Crippen molar-refractivity contribution in [2.75, 3.05) is 6.54 Å². The summed E-state index contributed by atoms with van der Waals surface area (Å²) < 4.78 is 2.00. The van der Waals surface area contributed by atoms with Gasteiger partial charge in [-0.3, -0.25) is 4.79 Å². The van der Waals surface area contributed by atoms with Crippen LogP contribution in [0.1, 0.15) is 21.5 Å². The summed E-state index contributed by atoms with van der Waals surface area (Å²) in [6, 6.07) is 13.8. The lowest BCUT2D eigenvalue weighted by Crippen LogP contribution is -2.25. The van der Waals surface area contributed by atoms with Gasteiger partial charge in [0, 0.05) is 19.2 Å². The molecular formula is C18H19N3O. The molecule has 4 nitrogen and oxygen atoms in total. The molecule has 1 N–H and O–H groups in total. The Labute approximate surface area is 129 Å². The molecule has 0 aliphatic rings. The van der Waals surface area contributed by atoms with Crippen LogP contribution in [0.5, 0.6) is 0 Å².